The normalized spacial score (nSPS) is 10.4. The van der Waals surface area contributed by atoms with E-state index in [9.17, 15) is 0 Å². The van der Waals surface area contributed by atoms with Crippen molar-refractivity contribution < 1.29 is 4.42 Å². The number of thiocarbonyl (C=S) groups is 1. The van der Waals surface area contributed by atoms with Crippen molar-refractivity contribution in [2.45, 2.75) is 0 Å². The maximum Gasteiger partial charge on any atom is 0.161 e. The van der Waals surface area contributed by atoms with Gasteiger partial charge in [0.15, 0.2) is 5.76 Å². The summed E-state index contributed by atoms with van der Waals surface area (Å²) in [5, 5.41) is 0.985. The molecule has 0 aliphatic rings. The fourth-order valence-electron chi connectivity index (χ4n) is 1.27. The van der Waals surface area contributed by atoms with Crippen LogP contribution < -0.4 is 5.73 Å². The second kappa shape index (κ2) is 4.45. The van der Waals surface area contributed by atoms with Crippen LogP contribution in [0.5, 0.6) is 0 Å². The van der Waals surface area contributed by atoms with Crippen molar-refractivity contribution in [2.24, 2.45) is 5.73 Å². The number of furan rings is 1. The van der Waals surface area contributed by atoms with Crippen LogP contribution in [0.25, 0.3) is 11.3 Å². The van der Waals surface area contributed by atoms with Gasteiger partial charge in [-0.3, -0.25) is 0 Å². The fourth-order valence-corrected chi connectivity index (χ4v) is 1.68. The maximum absolute atomic E-state index is 5.91. The number of benzene rings is 1. The molecular weight excluding hydrogens is 265 g/mol. The second-order valence-corrected chi connectivity index (χ2v) is 4.41. The summed E-state index contributed by atoms with van der Waals surface area (Å²) in [6, 6.07) is 8.76. The van der Waals surface area contributed by atoms with Gasteiger partial charge in [0, 0.05) is 5.56 Å². The highest BCUT2D eigenvalue weighted by Gasteiger charge is 2.08. The van der Waals surface area contributed by atoms with E-state index in [1.807, 2.05) is 6.07 Å². The van der Waals surface area contributed by atoms with Crippen molar-refractivity contribution in [2.75, 3.05) is 0 Å². The first-order valence-electron chi connectivity index (χ1n) is 4.43. The standard InChI is InChI=1S/C11H7Cl2NOS/c12-7-2-1-6(5-8(7)13)9-3-4-10(15-9)11(14)16/h1-5H,(H2,14,16). The third-order valence-electron chi connectivity index (χ3n) is 2.05. The highest BCUT2D eigenvalue weighted by Crippen LogP contribution is 2.29. The predicted molar refractivity (Wildman–Crippen MR) is 70.1 cm³/mol. The molecular formula is C11H7Cl2NOS. The van der Waals surface area contributed by atoms with Crippen LogP contribution in [0.2, 0.25) is 10.0 Å². The van der Waals surface area contributed by atoms with Gasteiger partial charge in [0.05, 0.1) is 10.0 Å². The minimum absolute atomic E-state index is 0.228. The number of hydrogen-bond acceptors (Lipinski definition) is 2. The topological polar surface area (TPSA) is 39.2 Å². The van der Waals surface area contributed by atoms with E-state index in [4.69, 9.17) is 45.6 Å². The molecule has 0 radical (unpaired) electrons. The lowest BCUT2D eigenvalue weighted by atomic mass is 10.2. The molecule has 1 aromatic heterocycles. The van der Waals surface area contributed by atoms with Crippen LogP contribution in [0.4, 0.5) is 0 Å². The Bertz CT molecular complexity index is 551. The van der Waals surface area contributed by atoms with Crippen LogP contribution in [-0.2, 0) is 0 Å². The van der Waals surface area contributed by atoms with Crippen molar-refractivity contribution in [3.05, 3.63) is 46.1 Å². The van der Waals surface area contributed by atoms with Crippen molar-refractivity contribution in [3.63, 3.8) is 0 Å². The summed E-state index contributed by atoms with van der Waals surface area (Å²) in [5.41, 5.74) is 6.28. The third-order valence-corrected chi connectivity index (χ3v) is 2.99. The molecule has 0 amide bonds. The summed E-state index contributed by atoms with van der Waals surface area (Å²) < 4.78 is 5.46. The summed E-state index contributed by atoms with van der Waals surface area (Å²) in [5.74, 6) is 1.14. The molecule has 0 spiro atoms. The molecule has 2 nitrogen and oxygen atoms in total. The monoisotopic (exact) mass is 271 g/mol. The van der Waals surface area contributed by atoms with Gasteiger partial charge in [-0.2, -0.15) is 0 Å². The zero-order chi connectivity index (χ0) is 11.7. The molecule has 1 heterocycles. The minimum Gasteiger partial charge on any atom is -0.454 e. The minimum atomic E-state index is 0.228. The van der Waals surface area contributed by atoms with E-state index in [1.165, 1.54) is 0 Å². The quantitative estimate of drug-likeness (QED) is 0.843. The Labute approximate surface area is 108 Å². The Balaban J connectivity index is 2.42. The molecule has 0 aliphatic carbocycles. The smallest absolute Gasteiger partial charge is 0.161 e. The van der Waals surface area contributed by atoms with Crippen molar-refractivity contribution in [3.8, 4) is 11.3 Å². The average molecular weight is 272 g/mol. The van der Waals surface area contributed by atoms with Gasteiger partial charge in [0.2, 0.25) is 0 Å². The molecule has 0 saturated carbocycles. The SMILES string of the molecule is NC(=S)c1ccc(-c2ccc(Cl)c(Cl)c2)o1. The van der Waals surface area contributed by atoms with E-state index in [2.05, 4.69) is 0 Å². The first-order chi connectivity index (χ1) is 7.58. The van der Waals surface area contributed by atoms with Gasteiger partial charge in [-0.1, -0.05) is 35.4 Å². The van der Waals surface area contributed by atoms with Crippen LogP contribution in [0, 0.1) is 0 Å². The molecule has 0 saturated heterocycles. The lowest BCUT2D eigenvalue weighted by Gasteiger charge is -1.99. The zero-order valence-electron chi connectivity index (χ0n) is 8.04. The average Bonchev–Trinajstić information content (AvgIpc) is 2.71. The van der Waals surface area contributed by atoms with Gasteiger partial charge in [0.25, 0.3) is 0 Å². The number of nitrogens with two attached hydrogens (primary N) is 1. The molecule has 16 heavy (non-hydrogen) atoms. The van der Waals surface area contributed by atoms with Gasteiger partial charge in [-0.25, -0.2) is 0 Å². The largest absolute Gasteiger partial charge is 0.454 e. The molecule has 2 aromatic rings. The molecule has 5 heteroatoms. The lowest BCUT2D eigenvalue weighted by Crippen LogP contribution is -2.07. The molecule has 0 unspecified atom stereocenters. The number of hydrogen-bond donors (Lipinski definition) is 1. The molecule has 82 valence electrons. The first-order valence-corrected chi connectivity index (χ1v) is 5.59. The maximum atomic E-state index is 5.91. The fraction of sp³-hybridized carbons (Fsp3) is 0. The van der Waals surface area contributed by atoms with E-state index < -0.39 is 0 Å². The Morgan fingerprint density at radius 1 is 1.12 bits per heavy atom. The molecule has 1 aromatic carbocycles. The van der Waals surface area contributed by atoms with Crippen molar-refractivity contribution >= 4 is 40.4 Å². The Morgan fingerprint density at radius 2 is 1.88 bits per heavy atom. The molecule has 0 bridgehead atoms. The Kier molecular flexibility index (Phi) is 3.19. The van der Waals surface area contributed by atoms with Gasteiger partial charge < -0.3 is 10.2 Å². The second-order valence-electron chi connectivity index (χ2n) is 3.16. The number of rotatable bonds is 2. The van der Waals surface area contributed by atoms with Crippen molar-refractivity contribution in [1.82, 2.24) is 0 Å². The Morgan fingerprint density at radius 3 is 2.44 bits per heavy atom. The van der Waals surface area contributed by atoms with E-state index in [1.54, 1.807) is 24.3 Å². The summed E-state index contributed by atoms with van der Waals surface area (Å²) in [6.45, 7) is 0. The highest BCUT2D eigenvalue weighted by atomic mass is 35.5. The van der Waals surface area contributed by atoms with Gasteiger partial charge in [-0.15, -0.1) is 0 Å². The van der Waals surface area contributed by atoms with E-state index >= 15 is 0 Å². The molecule has 2 N–H and O–H groups in total. The van der Waals surface area contributed by atoms with E-state index in [0.717, 1.165) is 5.56 Å². The zero-order valence-corrected chi connectivity index (χ0v) is 10.4. The summed E-state index contributed by atoms with van der Waals surface area (Å²) in [7, 11) is 0. The predicted octanol–water partition coefficient (Wildman–Crippen LogP) is 3.89. The van der Waals surface area contributed by atoms with Crippen LogP contribution in [-0.4, -0.2) is 4.99 Å². The Hall–Kier alpha value is -1.03. The summed E-state index contributed by atoms with van der Waals surface area (Å²) in [6.07, 6.45) is 0. The first kappa shape index (κ1) is 11.5. The van der Waals surface area contributed by atoms with Gasteiger partial charge >= 0.3 is 0 Å². The van der Waals surface area contributed by atoms with Gasteiger partial charge in [0.1, 0.15) is 10.7 Å². The third kappa shape index (κ3) is 2.21. The van der Waals surface area contributed by atoms with Crippen LogP contribution in [0.1, 0.15) is 5.76 Å². The molecule has 0 aliphatic heterocycles. The van der Waals surface area contributed by atoms with Crippen LogP contribution >= 0.6 is 35.4 Å². The van der Waals surface area contributed by atoms with E-state index in [0.29, 0.717) is 21.6 Å². The number of halogens is 2. The summed E-state index contributed by atoms with van der Waals surface area (Å²) >= 11 is 16.5. The molecule has 2 rings (SSSR count). The van der Waals surface area contributed by atoms with Crippen LogP contribution in [0.3, 0.4) is 0 Å². The van der Waals surface area contributed by atoms with Crippen molar-refractivity contribution in [1.29, 1.82) is 0 Å². The summed E-state index contributed by atoms with van der Waals surface area (Å²) in [4.78, 5) is 0.228. The van der Waals surface area contributed by atoms with Gasteiger partial charge in [-0.05, 0) is 30.3 Å². The highest BCUT2D eigenvalue weighted by molar-refractivity contribution is 7.80. The lowest BCUT2D eigenvalue weighted by molar-refractivity contribution is 0.573. The van der Waals surface area contributed by atoms with Crippen LogP contribution in [0.15, 0.2) is 34.7 Å². The molecule has 0 atom stereocenters. The molecule has 0 fully saturated rings. The van der Waals surface area contributed by atoms with E-state index in [-0.39, 0.29) is 4.99 Å².